The first-order chi connectivity index (χ1) is 14.1. The second-order valence-electron chi connectivity index (χ2n) is 7.40. The lowest BCUT2D eigenvalue weighted by atomic mass is 9.99. The van der Waals surface area contributed by atoms with E-state index >= 15 is 0 Å². The van der Waals surface area contributed by atoms with Crippen LogP contribution in [0.2, 0.25) is 0 Å². The molecule has 1 aromatic carbocycles. The van der Waals surface area contributed by atoms with Crippen LogP contribution in [0.4, 0.5) is 5.82 Å². The van der Waals surface area contributed by atoms with Crippen LogP contribution in [-0.4, -0.2) is 20.4 Å². The Morgan fingerprint density at radius 1 is 1.14 bits per heavy atom. The summed E-state index contributed by atoms with van der Waals surface area (Å²) in [4.78, 5) is 32.4. The Morgan fingerprint density at radius 3 is 2.66 bits per heavy atom. The number of hydrogen-bond donors (Lipinski definition) is 2. The number of carbonyl (C=O) groups excluding carboxylic acids is 1. The van der Waals surface area contributed by atoms with E-state index in [4.69, 9.17) is 0 Å². The highest BCUT2D eigenvalue weighted by Gasteiger charge is 2.27. The average molecular weight is 384 g/mol. The highest BCUT2D eigenvalue weighted by molar-refractivity contribution is 6.03. The van der Waals surface area contributed by atoms with Gasteiger partial charge in [-0.3, -0.25) is 9.59 Å². The van der Waals surface area contributed by atoms with Crippen molar-refractivity contribution >= 4 is 22.6 Å². The van der Waals surface area contributed by atoms with Crippen molar-refractivity contribution in [3.8, 4) is 22.4 Å². The van der Waals surface area contributed by atoms with Crippen molar-refractivity contribution in [1.29, 1.82) is 0 Å². The minimum absolute atomic E-state index is 0.0301. The SMILES string of the molecule is CC(=O)Nc1cc(-c2[nH]c3ccn(C4CC4)c(=O)c3c2-c2ccccc2)ccn1. The maximum Gasteiger partial charge on any atom is 0.260 e. The number of aromatic amines is 1. The van der Waals surface area contributed by atoms with E-state index in [1.807, 2.05) is 59.3 Å². The summed E-state index contributed by atoms with van der Waals surface area (Å²) in [7, 11) is 0. The highest BCUT2D eigenvalue weighted by atomic mass is 16.1. The van der Waals surface area contributed by atoms with E-state index in [2.05, 4.69) is 15.3 Å². The maximum atomic E-state index is 13.3. The number of pyridine rings is 2. The Labute approximate surface area is 167 Å². The molecule has 6 heteroatoms. The van der Waals surface area contributed by atoms with Gasteiger partial charge in [0, 0.05) is 36.5 Å². The van der Waals surface area contributed by atoms with E-state index in [-0.39, 0.29) is 11.5 Å². The summed E-state index contributed by atoms with van der Waals surface area (Å²) in [5.41, 5.74) is 4.38. The summed E-state index contributed by atoms with van der Waals surface area (Å²) in [6, 6.07) is 15.9. The predicted molar refractivity (Wildman–Crippen MR) is 114 cm³/mol. The van der Waals surface area contributed by atoms with Gasteiger partial charge in [-0.2, -0.15) is 0 Å². The number of aromatic nitrogens is 3. The van der Waals surface area contributed by atoms with E-state index in [9.17, 15) is 9.59 Å². The number of rotatable bonds is 4. The molecule has 1 fully saturated rings. The molecule has 3 heterocycles. The number of anilines is 1. The normalized spacial score (nSPS) is 13.6. The molecule has 0 aliphatic heterocycles. The van der Waals surface area contributed by atoms with E-state index in [1.165, 1.54) is 6.92 Å². The van der Waals surface area contributed by atoms with Crippen LogP contribution >= 0.6 is 0 Å². The molecule has 1 saturated carbocycles. The summed E-state index contributed by atoms with van der Waals surface area (Å²) in [5.74, 6) is 0.296. The molecule has 3 aromatic heterocycles. The standard InChI is InChI=1S/C23H20N4O2/c1-14(28)25-19-13-16(9-11-24-19)22-20(15-5-3-2-4-6-15)21-18(26-22)10-12-27(23(21)29)17-7-8-17/h2-6,9-13,17,26H,7-8H2,1H3,(H,24,25,28). The smallest absolute Gasteiger partial charge is 0.260 e. The zero-order valence-corrected chi connectivity index (χ0v) is 16.0. The largest absolute Gasteiger partial charge is 0.354 e. The van der Waals surface area contributed by atoms with Gasteiger partial charge in [0.2, 0.25) is 5.91 Å². The van der Waals surface area contributed by atoms with Gasteiger partial charge in [-0.1, -0.05) is 30.3 Å². The van der Waals surface area contributed by atoms with Crippen LogP contribution in [-0.2, 0) is 4.79 Å². The first kappa shape index (κ1) is 17.4. The van der Waals surface area contributed by atoms with E-state index < -0.39 is 0 Å². The molecule has 144 valence electrons. The van der Waals surface area contributed by atoms with Crippen molar-refractivity contribution < 1.29 is 4.79 Å². The molecule has 29 heavy (non-hydrogen) atoms. The molecule has 6 nitrogen and oxygen atoms in total. The molecule has 0 radical (unpaired) electrons. The van der Waals surface area contributed by atoms with Gasteiger partial charge in [0.15, 0.2) is 0 Å². The first-order valence-corrected chi connectivity index (χ1v) is 9.68. The number of fused-ring (bicyclic) bond motifs is 1. The lowest BCUT2D eigenvalue weighted by Gasteiger charge is -2.08. The molecule has 0 bridgehead atoms. The second-order valence-corrected chi connectivity index (χ2v) is 7.40. The Hall–Kier alpha value is -3.67. The van der Waals surface area contributed by atoms with Crippen molar-refractivity contribution in [3.05, 3.63) is 71.3 Å². The molecule has 0 saturated heterocycles. The van der Waals surface area contributed by atoms with Crippen LogP contribution in [0, 0.1) is 0 Å². The number of benzene rings is 1. The molecular weight excluding hydrogens is 364 g/mol. The van der Waals surface area contributed by atoms with Gasteiger partial charge in [-0.05, 0) is 36.6 Å². The minimum atomic E-state index is -0.179. The molecule has 2 N–H and O–H groups in total. The zero-order valence-electron chi connectivity index (χ0n) is 16.0. The first-order valence-electron chi connectivity index (χ1n) is 9.68. The predicted octanol–water partition coefficient (Wildman–Crippen LogP) is 4.35. The second kappa shape index (κ2) is 6.74. The quantitative estimate of drug-likeness (QED) is 0.549. The van der Waals surface area contributed by atoms with Crippen molar-refractivity contribution in [3.63, 3.8) is 0 Å². The topological polar surface area (TPSA) is 79.8 Å². The van der Waals surface area contributed by atoms with Gasteiger partial charge in [-0.15, -0.1) is 0 Å². The zero-order chi connectivity index (χ0) is 20.0. The Balaban J connectivity index is 1.79. The fourth-order valence-electron chi connectivity index (χ4n) is 3.80. The van der Waals surface area contributed by atoms with E-state index in [0.717, 1.165) is 40.7 Å². The van der Waals surface area contributed by atoms with Gasteiger partial charge in [0.25, 0.3) is 5.56 Å². The Bertz CT molecular complexity index is 1280. The Morgan fingerprint density at radius 2 is 1.93 bits per heavy atom. The molecule has 1 aliphatic carbocycles. The molecular formula is C23H20N4O2. The lowest BCUT2D eigenvalue weighted by Crippen LogP contribution is -2.18. The molecule has 4 aromatic rings. The van der Waals surface area contributed by atoms with Crippen LogP contribution in [0.5, 0.6) is 0 Å². The molecule has 5 rings (SSSR count). The third-order valence-corrected chi connectivity index (χ3v) is 5.23. The molecule has 0 atom stereocenters. The molecule has 1 amide bonds. The van der Waals surface area contributed by atoms with Gasteiger partial charge in [0.05, 0.1) is 16.6 Å². The van der Waals surface area contributed by atoms with Gasteiger partial charge < -0.3 is 14.9 Å². The van der Waals surface area contributed by atoms with E-state index in [0.29, 0.717) is 17.2 Å². The van der Waals surface area contributed by atoms with Crippen LogP contribution in [0.3, 0.4) is 0 Å². The fraction of sp³-hybridized carbons (Fsp3) is 0.174. The van der Waals surface area contributed by atoms with Crippen LogP contribution < -0.4 is 10.9 Å². The summed E-state index contributed by atoms with van der Waals surface area (Å²) < 4.78 is 1.85. The fourth-order valence-corrected chi connectivity index (χ4v) is 3.80. The minimum Gasteiger partial charge on any atom is -0.354 e. The van der Waals surface area contributed by atoms with Crippen molar-refractivity contribution in [1.82, 2.24) is 14.5 Å². The van der Waals surface area contributed by atoms with Crippen LogP contribution in [0.1, 0.15) is 25.8 Å². The molecule has 0 spiro atoms. The average Bonchev–Trinajstić information content (AvgIpc) is 3.47. The number of carbonyl (C=O) groups is 1. The summed E-state index contributed by atoms with van der Waals surface area (Å²) in [6.45, 7) is 1.45. The van der Waals surface area contributed by atoms with Crippen LogP contribution in [0.15, 0.2) is 65.7 Å². The van der Waals surface area contributed by atoms with Crippen molar-refractivity contribution in [2.75, 3.05) is 5.32 Å². The van der Waals surface area contributed by atoms with Crippen molar-refractivity contribution in [2.24, 2.45) is 0 Å². The van der Waals surface area contributed by atoms with Crippen molar-refractivity contribution in [2.45, 2.75) is 25.8 Å². The summed E-state index contributed by atoms with van der Waals surface area (Å²) in [5, 5.41) is 3.41. The molecule has 0 unspecified atom stereocenters. The summed E-state index contributed by atoms with van der Waals surface area (Å²) >= 11 is 0. The van der Waals surface area contributed by atoms with Crippen LogP contribution in [0.25, 0.3) is 33.3 Å². The van der Waals surface area contributed by atoms with Gasteiger partial charge in [0.1, 0.15) is 5.82 Å². The number of amides is 1. The van der Waals surface area contributed by atoms with E-state index in [1.54, 1.807) is 6.20 Å². The third kappa shape index (κ3) is 3.12. The lowest BCUT2D eigenvalue weighted by molar-refractivity contribution is -0.114. The Kier molecular flexibility index (Phi) is 4.05. The number of hydrogen-bond acceptors (Lipinski definition) is 3. The highest BCUT2D eigenvalue weighted by Crippen LogP contribution is 2.39. The van der Waals surface area contributed by atoms with Gasteiger partial charge >= 0.3 is 0 Å². The monoisotopic (exact) mass is 384 g/mol. The summed E-state index contributed by atoms with van der Waals surface area (Å²) in [6.07, 6.45) is 5.64. The number of nitrogens with one attached hydrogen (secondary N) is 2. The number of H-pyrrole nitrogens is 1. The number of nitrogens with zero attached hydrogens (tertiary/aromatic N) is 2. The van der Waals surface area contributed by atoms with Gasteiger partial charge in [-0.25, -0.2) is 4.98 Å². The maximum absolute atomic E-state index is 13.3. The third-order valence-electron chi connectivity index (χ3n) is 5.23. The molecule has 1 aliphatic rings.